The average molecular weight is 416 g/mol. The molecule has 0 saturated heterocycles. The Balaban J connectivity index is 2.22. The van der Waals surface area contributed by atoms with Crippen LogP contribution in [0.5, 0.6) is 0 Å². The van der Waals surface area contributed by atoms with Gasteiger partial charge in [-0.1, -0.05) is 26.8 Å². The molecule has 0 atom stereocenters. The van der Waals surface area contributed by atoms with Crippen molar-refractivity contribution < 1.29 is 9.59 Å². The van der Waals surface area contributed by atoms with Crippen LogP contribution < -0.4 is 10.2 Å². The van der Waals surface area contributed by atoms with Crippen LogP contribution in [0.2, 0.25) is 0 Å². The number of nitrogens with one attached hydrogen (secondary N) is 1. The van der Waals surface area contributed by atoms with Crippen LogP contribution in [0.15, 0.2) is 35.7 Å². The Morgan fingerprint density at radius 2 is 1.93 bits per heavy atom. The summed E-state index contributed by atoms with van der Waals surface area (Å²) in [5.74, 6) is 0.460. The molecule has 1 N–H and O–H groups in total. The molecule has 2 rings (SSSR count). The Labute approximate surface area is 178 Å². The molecule has 0 saturated carbocycles. The molecule has 0 aliphatic heterocycles. The number of rotatable bonds is 10. The summed E-state index contributed by atoms with van der Waals surface area (Å²) in [6, 6.07) is 9.91. The third-order valence-corrected chi connectivity index (χ3v) is 5.43. The van der Waals surface area contributed by atoms with Gasteiger partial charge in [0.2, 0.25) is 11.8 Å². The third-order valence-electron chi connectivity index (χ3n) is 4.55. The Hall–Kier alpha value is -2.34. The van der Waals surface area contributed by atoms with Gasteiger partial charge in [0.05, 0.1) is 6.42 Å². The molecular formula is C23H33N3O2S. The van der Waals surface area contributed by atoms with Gasteiger partial charge in [0, 0.05) is 49.9 Å². The zero-order chi connectivity index (χ0) is 21.4. The summed E-state index contributed by atoms with van der Waals surface area (Å²) >= 11 is 1.61. The molecule has 2 aromatic rings. The van der Waals surface area contributed by atoms with Gasteiger partial charge in [0.1, 0.15) is 0 Å². The van der Waals surface area contributed by atoms with Crippen molar-refractivity contribution in [3.63, 3.8) is 0 Å². The smallest absolute Gasteiger partial charge is 0.228 e. The number of carbonyl (C=O) groups excluding carboxylic acids is 2. The van der Waals surface area contributed by atoms with Crippen molar-refractivity contribution in [1.29, 1.82) is 0 Å². The minimum atomic E-state index is 0.0164. The predicted octanol–water partition coefficient (Wildman–Crippen LogP) is 4.78. The minimum Gasteiger partial charge on any atom is -0.377 e. The van der Waals surface area contributed by atoms with Crippen LogP contribution in [0.1, 0.15) is 44.1 Å². The number of hydrogen-bond acceptors (Lipinski definition) is 4. The monoisotopic (exact) mass is 415 g/mol. The van der Waals surface area contributed by atoms with E-state index in [9.17, 15) is 9.59 Å². The van der Waals surface area contributed by atoms with Crippen molar-refractivity contribution in [2.75, 3.05) is 30.9 Å². The molecule has 0 unspecified atom stereocenters. The Bertz CT molecular complexity index is 800. The van der Waals surface area contributed by atoms with Crippen molar-refractivity contribution in [3.05, 3.63) is 46.2 Å². The number of anilines is 2. The highest BCUT2D eigenvalue weighted by atomic mass is 32.1. The normalized spacial score (nSPS) is 10.8. The summed E-state index contributed by atoms with van der Waals surface area (Å²) in [5.41, 5.74) is 2.86. The van der Waals surface area contributed by atoms with E-state index in [1.807, 2.05) is 73.5 Å². The lowest BCUT2D eigenvalue weighted by molar-refractivity contribution is -0.131. The van der Waals surface area contributed by atoms with E-state index in [2.05, 4.69) is 12.2 Å². The summed E-state index contributed by atoms with van der Waals surface area (Å²) in [5, 5.41) is 4.99. The molecule has 0 fully saturated rings. The minimum absolute atomic E-state index is 0.0164. The molecule has 29 heavy (non-hydrogen) atoms. The highest BCUT2D eigenvalue weighted by Gasteiger charge is 2.17. The standard InChI is InChI=1S/C23H33N3O2S/c1-6-11-26(23(28)15-20-8-7-12-29-20)16-18-14-19(9-10-21(18)25(4)5)24-22(27)13-17(2)3/h7-10,12,14,17H,6,11,13,15-16H2,1-5H3,(H,24,27). The van der Waals surface area contributed by atoms with Gasteiger partial charge in [0.25, 0.3) is 0 Å². The van der Waals surface area contributed by atoms with Gasteiger partial charge in [-0.25, -0.2) is 0 Å². The molecule has 5 nitrogen and oxygen atoms in total. The second-order valence-corrected chi connectivity index (χ2v) is 8.99. The highest BCUT2D eigenvalue weighted by Crippen LogP contribution is 2.25. The Morgan fingerprint density at radius 3 is 2.52 bits per heavy atom. The maximum Gasteiger partial charge on any atom is 0.228 e. The molecule has 6 heteroatoms. The van der Waals surface area contributed by atoms with Gasteiger partial charge in [0.15, 0.2) is 0 Å². The molecule has 1 aromatic carbocycles. The molecule has 1 heterocycles. The van der Waals surface area contributed by atoms with Gasteiger partial charge >= 0.3 is 0 Å². The second kappa shape index (κ2) is 11.0. The molecular weight excluding hydrogens is 382 g/mol. The lowest BCUT2D eigenvalue weighted by Gasteiger charge is -2.26. The third kappa shape index (κ3) is 7.20. The fraction of sp³-hybridized carbons (Fsp3) is 0.478. The van der Waals surface area contributed by atoms with E-state index in [1.165, 1.54) is 0 Å². The fourth-order valence-corrected chi connectivity index (χ4v) is 3.95. The first-order valence-electron chi connectivity index (χ1n) is 10.2. The van der Waals surface area contributed by atoms with Gasteiger partial charge in [-0.3, -0.25) is 9.59 Å². The molecule has 1 aromatic heterocycles. The van der Waals surface area contributed by atoms with Crippen molar-refractivity contribution >= 4 is 34.5 Å². The molecule has 2 amide bonds. The number of thiophene rings is 1. The molecule has 0 radical (unpaired) electrons. The quantitative estimate of drug-likeness (QED) is 0.607. The largest absolute Gasteiger partial charge is 0.377 e. The van der Waals surface area contributed by atoms with Crippen molar-refractivity contribution in [2.45, 2.75) is 46.6 Å². The molecule has 0 bridgehead atoms. The van der Waals surface area contributed by atoms with Crippen LogP contribution in [-0.4, -0.2) is 37.4 Å². The Kier molecular flexibility index (Phi) is 8.70. The van der Waals surface area contributed by atoms with Crippen LogP contribution in [-0.2, 0) is 22.6 Å². The van der Waals surface area contributed by atoms with Gasteiger partial charge in [-0.2, -0.15) is 0 Å². The van der Waals surface area contributed by atoms with Crippen molar-refractivity contribution in [1.82, 2.24) is 4.90 Å². The first kappa shape index (κ1) is 22.9. The van der Waals surface area contributed by atoms with Gasteiger partial charge < -0.3 is 15.1 Å². The van der Waals surface area contributed by atoms with E-state index >= 15 is 0 Å². The number of hydrogen-bond donors (Lipinski definition) is 1. The fourth-order valence-electron chi connectivity index (χ4n) is 3.25. The van der Waals surface area contributed by atoms with Gasteiger partial charge in [-0.15, -0.1) is 11.3 Å². The van der Waals surface area contributed by atoms with Crippen LogP contribution in [0.25, 0.3) is 0 Å². The summed E-state index contributed by atoms with van der Waals surface area (Å²) in [7, 11) is 3.99. The molecule has 0 aliphatic carbocycles. The van der Waals surface area contributed by atoms with Crippen LogP contribution in [0, 0.1) is 5.92 Å². The maximum atomic E-state index is 12.9. The predicted molar refractivity (Wildman–Crippen MR) is 123 cm³/mol. The lowest BCUT2D eigenvalue weighted by atomic mass is 10.1. The van der Waals surface area contributed by atoms with Crippen LogP contribution in [0.3, 0.4) is 0 Å². The summed E-state index contributed by atoms with van der Waals surface area (Å²) in [6.07, 6.45) is 1.82. The van der Waals surface area contributed by atoms with Crippen molar-refractivity contribution in [2.24, 2.45) is 5.92 Å². The van der Waals surface area contributed by atoms with E-state index in [0.717, 1.165) is 28.2 Å². The zero-order valence-corrected chi connectivity index (χ0v) is 19.0. The summed E-state index contributed by atoms with van der Waals surface area (Å²) < 4.78 is 0. The number of nitrogens with zero attached hydrogens (tertiary/aromatic N) is 2. The van der Waals surface area contributed by atoms with Crippen LogP contribution in [0.4, 0.5) is 11.4 Å². The highest BCUT2D eigenvalue weighted by molar-refractivity contribution is 7.10. The van der Waals surface area contributed by atoms with Crippen molar-refractivity contribution in [3.8, 4) is 0 Å². The first-order valence-corrected chi connectivity index (χ1v) is 11.1. The average Bonchev–Trinajstić information content (AvgIpc) is 3.13. The zero-order valence-electron chi connectivity index (χ0n) is 18.2. The SMILES string of the molecule is CCCN(Cc1cc(NC(=O)CC(C)C)ccc1N(C)C)C(=O)Cc1cccs1. The second-order valence-electron chi connectivity index (χ2n) is 7.96. The summed E-state index contributed by atoms with van der Waals surface area (Å²) in [4.78, 5) is 30.1. The number of amides is 2. The summed E-state index contributed by atoms with van der Waals surface area (Å²) in [6.45, 7) is 7.38. The number of carbonyl (C=O) groups is 2. The van der Waals surface area contributed by atoms with Crippen LogP contribution >= 0.6 is 11.3 Å². The maximum absolute atomic E-state index is 12.9. The molecule has 158 valence electrons. The topological polar surface area (TPSA) is 52.7 Å². The van der Waals surface area contributed by atoms with E-state index in [0.29, 0.717) is 31.8 Å². The number of benzene rings is 1. The van der Waals surface area contributed by atoms with E-state index < -0.39 is 0 Å². The van der Waals surface area contributed by atoms with E-state index in [-0.39, 0.29) is 11.8 Å². The first-order chi connectivity index (χ1) is 13.8. The van der Waals surface area contributed by atoms with E-state index in [4.69, 9.17) is 0 Å². The van der Waals surface area contributed by atoms with E-state index in [1.54, 1.807) is 11.3 Å². The lowest BCUT2D eigenvalue weighted by Crippen LogP contribution is -2.33. The molecule has 0 aliphatic rings. The molecule has 0 spiro atoms. The Morgan fingerprint density at radius 1 is 1.17 bits per heavy atom. The van der Waals surface area contributed by atoms with Gasteiger partial charge in [-0.05, 0) is 47.5 Å².